The van der Waals surface area contributed by atoms with Crippen molar-refractivity contribution in [3.8, 4) is 11.1 Å². The predicted molar refractivity (Wildman–Crippen MR) is 121 cm³/mol. The number of nitrogens with two attached hydrogens (primary N) is 1. The molecule has 0 aliphatic rings. The zero-order valence-electron chi connectivity index (χ0n) is 15.3. The van der Waals surface area contributed by atoms with E-state index in [1.54, 1.807) is 17.4 Å². The second-order valence-corrected chi connectivity index (χ2v) is 8.59. The van der Waals surface area contributed by atoms with Crippen molar-refractivity contribution < 1.29 is 5.11 Å². The molecule has 0 spiro atoms. The van der Waals surface area contributed by atoms with Crippen molar-refractivity contribution in [3.63, 3.8) is 0 Å². The Morgan fingerprint density at radius 1 is 1.27 bits per heavy atom. The van der Waals surface area contributed by atoms with Crippen LogP contribution in [0.3, 0.4) is 0 Å². The smallest absolute Gasteiger partial charge is 0.102 e. The molecular weight excluding hydrogens is 405 g/mol. The van der Waals surface area contributed by atoms with Crippen molar-refractivity contribution in [2.75, 3.05) is 11.5 Å². The average molecular weight is 432 g/mol. The summed E-state index contributed by atoms with van der Waals surface area (Å²) in [5, 5.41) is 12.6. The number of hydrogen-bond donors (Lipinski definition) is 2. The molecule has 1 unspecified atom stereocenters. The van der Waals surface area contributed by atoms with E-state index in [1.165, 1.54) is 4.88 Å². The third-order valence-electron chi connectivity index (χ3n) is 3.61. The Morgan fingerprint density at radius 3 is 2.65 bits per heavy atom. The van der Waals surface area contributed by atoms with Gasteiger partial charge in [-0.25, -0.2) is 0 Å². The van der Waals surface area contributed by atoms with E-state index in [2.05, 4.69) is 18.0 Å². The lowest BCUT2D eigenvalue weighted by Gasteiger charge is -2.08. The molecular formula is C20H27Cl2NOS2. The summed E-state index contributed by atoms with van der Waals surface area (Å²) >= 11 is 15.8. The fourth-order valence-electron chi connectivity index (χ4n) is 2.20. The summed E-state index contributed by atoms with van der Waals surface area (Å²) in [6.07, 6.45) is 2.94. The molecule has 2 nitrogen and oxygen atoms in total. The van der Waals surface area contributed by atoms with Crippen molar-refractivity contribution in [2.45, 2.75) is 39.2 Å². The lowest BCUT2D eigenvalue weighted by Crippen LogP contribution is -2.22. The molecule has 0 aliphatic heterocycles. The highest BCUT2D eigenvalue weighted by molar-refractivity contribution is 7.99. The molecule has 3 N–H and O–H groups in total. The third kappa shape index (κ3) is 7.93. The van der Waals surface area contributed by atoms with Crippen molar-refractivity contribution in [1.82, 2.24) is 0 Å². The van der Waals surface area contributed by atoms with Crippen LogP contribution in [0.4, 0.5) is 0 Å². The van der Waals surface area contributed by atoms with E-state index in [0.29, 0.717) is 10.0 Å². The minimum atomic E-state index is -0.304. The van der Waals surface area contributed by atoms with Gasteiger partial charge in [0.25, 0.3) is 0 Å². The number of aryl methyl sites for hydroxylation is 1. The normalized spacial score (nSPS) is 11.6. The topological polar surface area (TPSA) is 46.2 Å². The van der Waals surface area contributed by atoms with Gasteiger partial charge in [-0.1, -0.05) is 49.7 Å². The molecule has 0 radical (unpaired) electrons. The van der Waals surface area contributed by atoms with Crippen LogP contribution in [0.15, 0.2) is 42.0 Å². The number of thiophene rings is 1. The quantitative estimate of drug-likeness (QED) is 0.325. The largest absolute Gasteiger partial charge is 0.511 e. The SMILES string of the molecule is C=C(O)C(N)CCSCCCc1cc(-c2ccc(Cl)cc2Cl)cs1.CC. The Kier molecular flexibility index (Phi) is 11.4. The highest BCUT2D eigenvalue weighted by Crippen LogP contribution is 2.33. The molecule has 1 heterocycles. The molecule has 26 heavy (non-hydrogen) atoms. The van der Waals surface area contributed by atoms with E-state index in [-0.39, 0.29) is 11.8 Å². The lowest BCUT2D eigenvalue weighted by molar-refractivity contribution is 0.367. The maximum atomic E-state index is 9.16. The van der Waals surface area contributed by atoms with E-state index in [0.717, 1.165) is 41.9 Å². The second kappa shape index (κ2) is 12.7. The molecule has 0 amide bonds. The van der Waals surface area contributed by atoms with Gasteiger partial charge in [0, 0.05) is 20.5 Å². The van der Waals surface area contributed by atoms with E-state index in [1.807, 2.05) is 37.7 Å². The van der Waals surface area contributed by atoms with Gasteiger partial charge in [0.2, 0.25) is 0 Å². The van der Waals surface area contributed by atoms with Gasteiger partial charge in [0.15, 0.2) is 0 Å². The Balaban J connectivity index is 0.00000163. The number of aliphatic hydroxyl groups is 1. The summed E-state index contributed by atoms with van der Waals surface area (Å²) in [6, 6.07) is 7.50. The van der Waals surface area contributed by atoms with E-state index < -0.39 is 0 Å². The number of aliphatic hydroxyl groups excluding tert-OH is 1. The van der Waals surface area contributed by atoms with Gasteiger partial charge in [0.05, 0.1) is 6.04 Å². The maximum absolute atomic E-state index is 9.16. The molecule has 2 rings (SSSR count). The van der Waals surface area contributed by atoms with Crippen LogP contribution in [0.1, 0.15) is 31.6 Å². The van der Waals surface area contributed by atoms with Crippen LogP contribution in [-0.4, -0.2) is 22.7 Å². The summed E-state index contributed by atoms with van der Waals surface area (Å²) in [4.78, 5) is 1.36. The molecule has 0 saturated heterocycles. The summed E-state index contributed by atoms with van der Waals surface area (Å²) in [5.41, 5.74) is 7.90. The van der Waals surface area contributed by atoms with E-state index >= 15 is 0 Å². The average Bonchev–Trinajstić information content (AvgIpc) is 3.08. The van der Waals surface area contributed by atoms with E-state index in [9.17, 15) is 0 Å². The molecule has 144 valence electrons. The number of thioether (sulfide) groups is 1. The Labute approximate surface area is 175 Å². The molecule has 0 aliphatic carbocycles. The molecule has 1 aromatic heterocycles. The molecule has 1 aromatic carbocycles. The maximum Gasteiger partial charge on any atom is 0.102 e. The Morgan fingerprint density at radius 2 is 2.00 bits per heavy atom. The first kappa shape index (κ1) is 23.4. The lowest BCUT2D eigenvalue weighted by atomic mass is 10.1. The third-order valence-corrected chi connectivity index (χ3v) is 6.25. The Bertz CT molecular complexity index is 688. The molecule has 1 atom stereocenters. The summed E-state index contributed by atoms with van der Waals surface area (Å²) in [5.74, 6) is 2.10. The minimum absolute atomic E-state index is 0.0718. The first-order valence-corrected chi connectivity index (χ1v) is 11.5. The Hall–Kier alpha value is -0.650. The van der Waals surface area contributed by atoms with Crippen molar-refractivity contribution in [2.24, 2.45) is 5.73 Å². The van der Waals surface area contributed by atoms with Gasteiger partial charge in [-0.3, -0.25) is 0 Å². The van der Waals surface area contributed by atoms with Crippen LogP contribution < -0.4 is 5.73 Å². The molecule has 2 aromatic rings. The van der Waals surface area contributed by atoms with Crippen LogP contribution in [0.2, 0.25) is 10.0 Å². The first-order valence-electron chi connectivity index (χ1n) is 8.71. The zero-order chi connectivity index (χ0) is 19.5. The number of benzene rings is 1. The standard InChI is InChI=1S/C18H21Cl2NOS2.C2H6/c1-12(22)18(21)6-8-23-7-2-3-15-9-13(11-24-15)16-5-4-14(19)10-17(16)20;1-2/h4-5,9-11,18,22H,1-3,6-8,21H2;1-2H3. The number of hydrogen-bond acceptors (Lipinski definition) is 4. The number of rotatable bonds is 9. The zero-order valence-corrected chi connectivity index (χ0v) is 18.4. The van der Waals surface area contributed by atoms with Crippen molar-refractivity contribution in [3.05, 3.63) is 56.9 Å². The van der Waals surface area contributed by atoms with Crippen LogP contribution >= 0.6 is 46.3 Å². The predicted octanol–water partition coefficient (Wildman–Crippen LogP) is 7.20. The van der Waals surface area contributed by atoms with Crippen LogP contribution in [0.5, 0.6) is 0 Å². The molecule has 6 heteroatoms. The number of halogens is 2. The molecule has 0 fully saturated rings. The van der Waals surface area contributed by atoms with Gasteiger partial charge in [-0.05, 0) is 59.9 Å². The van der Waals surface area contributed by atoms with E-state index in [4.69, 9.17) is 34.0 Å². The first-order chi connectivity index (χ1) is 12.5. The fourth-order valence-corrected chi connectivity index (χ4v) is 4.63. The van der Waals surface area contributed by atoms with Crippen LogP contribution in [-0.2, 0) is 6.42 Å². The highest BCUT2D eigenvalue weighted by Gasteiger charge is 2.08. The fraction of sp³-hybridized carbons (Fsp3) is 0.400. The highest BCUT2D eigenvalue weighted by atomic mass is 35.5. The summed E-state index contributed by atoms with van der Waals surface area (Å²) < 4.78 is 0. The summed E-state index contributed by atoms with van der Waals surface area (Å²) in [6.45, 7) is 7.45. The van der Waals surface area contributed by atoms with Crippen molar-refractivity contribution >= 4 is 46.3 Å². The van der Waals surface area contributed by atoms with Gasteiger partial charge in [-0.2, -0.15) is 11.8 Å². The van der Waals surface area contributed by atoms with Crippen LogP contribution in [0.25, 0.3) is 11.1 Å². The molecule has 0 saturated carbocycles. The van der Waals surface area contributed by atoms with Crippen LogP contribution in [0, 0.1) is 0 Å². The van der Waals surface area contributed by atoms with Gasteiger partial charge in [-0.15, -0.1) is 11.3 Å². The monoisotopic (exact) mass is 431 g/mol. The van der Waals surface area contributed by atoms with Gasteiger partial charge in [0.1, 0.15) is 5.76 Å². The molecule has 0 bridgehead atoms. The van der Waals surface area contributed by atoms with Gasteiger partial charge < -0.3 is 10.8 Å². The minimum Gasteiger partial charge on any atom is -0.511 e. The summed E-state index contributed by atoms with van der Waals surface area (Å²) in [7, 11) is 0. The second-order valence-electron chi connectivity index (χ2n) is 5.53. The van der Waals surface area contributed by atoms with Crippen molar-refractivity contribution in [1.29, 1.82) is 0 Å². The van der Waals surface area contributed by atoms with Gasteiger partial charge >= 0.3 is 0 Å².